The van der Waals surface area contributed by atoms with Crippen molar-refractivity contribution in [1.29, 1.82) is 0 Å². The van der Waals surface area contributed by atoms with Gasteiger partial charge in [-0.3, -0.25) is 4.90 Å². The van der Waals surface area contributed by atoms with E-state index in [0.717, 1.165) is 26.7 Å². The first-order valence-corrected chi connectivity index (χ1v) is 10.1. The summed E-state index contributed by atoms with van der Waals surface area (Å²) >= 11 is 6.83. The lowest BCUT2D eigenvalue weighted by molar-refractivity contribution is 0.188. The van der Waals surface area contributed by atoms with Crippen molar-refractivity contribution in [3.8, 4) is 5.88 Å². The highest BCUT2D eigenvalue weighted by atomic mass is 79.9. The van der Waals surface area contributed by atoms with Gasteiger partial charge in [-0.05, 0) is 60.9 Å². The van der Waals surface area contributed by atoms with Crippen LogP contribution in [-0.4, -0.2) is 37.7 Å². The van der Waals surface area contributed by atoms with Crippen LogP contribution in [0.2, 0.25) is 0 Å². The predicted octanol–water partition coefficient (Wildman–Crippen LogP) is 4.20. The molecular weight excluding hydrogens is 396 g/mol. The summed E-state index contributed by atoms with van der Waals surface area (Å²) in [5.74, 6) is 0.914. The normalized spacial score (nSPS) is 17.8. The van der Waals surface area contributed by atoms with E-state index in [1.54, 1.807) is 15.9 Å². The maximum atomic E-state index is 10.7. The fourth-order valence-electron chi connectivity index (χ4n) is 3.15. The Morgan fingerprint density at radius 2 is 2.00 bits per heavy atom. The quantitative estimate of drug-likeness (QED) is 0.699. The van der Waals surface area contributed by atoms with Gasteiger partial charge in [-0.25, -0.2) is 4.98 Å². The van der Waals surface area contributed by atoms with Gasteiger partial charge in [0.05, 0.1) is 14.7 Å². The summed E-state index contributed by atoms with van der Waals surface area (Å²) in [5, 5.41) is 15.0. The molecule has 3 aromatic rings. The van der Waals surface area contributed by atoms with Crippen molar-refractivity contribution >= 4 is 43.6 Å². The van der Waals surface area contributed by atoms with Gasteiger partial charge in [0.25, 0.3) is 0 Å². The molecule has 3 aromatic heterocycles. The average Bonchev–Trinajstić information content (AvgIpc) is 3.19. The fourth-order valence-corrected chi connectivity index (χ4v) is 5.95. The van der Waals surface area contributed by atoms with Crippen LogP contribution in [0.3, 0.4) is 0 Å². The molecule has 1 aliphatic heterocycles. The number of hydrogen-bond donors (Lipinski definition) is 1. The predicted molar refractivity (Wildman–Crippen MR) is 96.6 cm³/mol. The van der Waals surface area contributed by atoms with E-state index in [9.17, 15) is 5.11 Å². The van der Waals surface area contributed by atoms with E-state index in [4.69, 9.17) is 0 Å². The minimum Gasteiger partial charge on any atom is -0.492 e. The third-order valence-electron chi connectivity index (χ3n) is 4.17. The number of rotatable bonds is 3. The van der Waals surface area contributed by atoms with Gasteiger partial charge in [-0.2, -0.15) is 4.52 Å². The van der Waals surface area contributed by atoms with Crippen molar-refractivity contribution in [2.75, 3.05) is 13.1 Å². The smallest absolute Gasteiger partial charge is 0.230 e. The number of thiazole rings is 1. The van der Waals surface area contributed by atoms with Gasteiger partial charge in [0.1, 0.15) is 5.82 Å². The molecule has 5 nitrogen and oxygen atoms in total. The Bertz CT molecular complexity index is 834. The van der Waals surface area contributed by atoms with Crippen molar-refractivity contribution in [3.63, 3.8) is 0 Å². The van der Waals surface area contributed by atoms with Crippen LogP contribution in [0.15, 0.2) is 15.9 Å². The SMILES string of the molecule is Cc1nc2sc([C@H](c3ccc(Br)s3)N3CCCCC3)c(O)n2n1. The largest absolute Gasteiger partial charge is 0.492 e. The van der Waals surface area contributed by atoms with E-state index in [1.165, 1.54) is 35.5 Å². The van der Waals surface area contributed by atoms with Crippen LogP contribution in [0, 0.1) is 6.92 Å². The van der Waals surface area contributed by atoms with Crippen molar-refractivity contribution in [3.05, 3.63) is 31.5 Å². The van der Waals surface area contributed by atoms with Crippen LogP contribution in [0.1, 0.15) is 40.9 Å². The molecule has 1 atom stereocenters. The lowest BCUT2D eigenvalue weighted by atomic mass is 10.1. The van der Waals surface area contributed by atoms with E-state index in [-0.39, 0.29) is 11.9 Å². The summed E-state index contributed by atoms with van der Waals surface area (Å²) in [6.07, 6.45) is 3.71. The third kappa shape index (κ3) is 2.82. The molecule has 4 heterocycles. The Labute approximate surface area is 150 Å². The maximum absolute atomic E-state index is 10.7. The molecular formula is C15H17BrN4OS2. The zero-order valence-corrected chi connectivity index (χ0v) is 15.9. The first-order valence-electron chi connectivity index (χ1n) is 7.68. The number of nitrogens with zero attached hydrogens (tertiary/aromatic N) is 4. The number of fused-ring (bicyclic) bond motifs is 1. The standard InChI is InChI=1S/C15H17BrN4OS2/c1-9-17-15-20(18-9)14(21)13(23-15)12(10-5-6-11(16)22-10)19-7-3-2-4-8-19/h5-6,12,21H,2-4,7-8H2,1H3/t12-/m0/s1. The summed E-state index contributed by atoms with van der Waals surface area (Å²) in [6, 6.07) is 4.31. The first-order chi connectivity index (χ1) is 11.1. The molecule has 1 aliphatic rings. The second kappa shape index (κ2) is 6.16. The summed E-state index contributed by atoms with van der Waals surface area (Å²) in [6.45, 7) is 3.97. The molecule has 0 bridgehead atoms. The average molecular weight is 413 g/mol. The zero-order valence-electron chi connectivity index (χ0n) is 12.7. The first kappa shape index (κ1) is 15.6. The summed E-state index contributed by atoms with van der Waals surface area (Å²) in [5.41, 5.74) is 0. The van der Waals surface area contributed by atoms with Crippen LogP contribution in [0.5, 0.6) is 5.88 Å². The molecule has 4 rings (SSSR count). The van der Waals surface area contributed by atoms with E-state index >= 15 is 0 Å². The minimum atomic E-state index is 0.0837. The van der Waals surface area contributed by atoms with E-state index < -0.39 is 0 Å². The summed E-state index contributed by atoms with van der Waals surface area (Å²) < 4.78 is 2.68. The third-order valence-corrected chi connectivity index (χ3v) is 6.92. The van der Waals surface area contributed by atoms with Crippen LogP contribution >= 0.6 is 38.6 Å². The molecule has 0 amide bonds. The molecule has 1 fully saturated rings. The van der Waals surface area contributed by atoms with Crippen LogP contribution in [0.25, 0.3) is 4.96 Å². The molecule has 0 unspecified atom stereocenters. The Balaban J connectivity index is 1.82. The van der Waals surface area contributed by atoms with Crippen molar-refractivity contribution < 1.29 is 5.11 Å². The molecule has 1 saturated heterocycles. The Hall–Kier alpha value is -0.960. The van der Waals surface area contributed by atoms with Crippen LogP contribution in [0.4, 0.5) is 0 Å². The number of likely N-dealkylation sites (tertiary alicyclic amines) is 1. The fraction of sp³-hybridized carbons (Fsp3) is 0.467. The number of halogens is 1. The molecule has 1 N–H and O–H groups in total. The molecule has 0 aliphatic carbocycles. The zero-order chi connectivity index (χ0) is 16.0. The van der Waals surface area contributed by atoms with Crippen molar-refractivity contribution in [2.45, 2.75) is 32.2 Å². The Kier molecular flexibility index (Phi) is 4.17. The second-order valence-electron chi connectivity index (χ2n) is 5.78. The monoisotopic (exact) mass is 412 g/mol. The lowest BCUT2D eigenvalue weighted by Gasteiger charge is -2.33. The van der Waals surface area contributed by atoms with Gasteiger partial charge in [0.2, 0.25) is 10.8 Å². The van der Waals surface area contributed by atoms with E-state index in [1.807, 2.05) is 6.92 Å². The highest BCUT2D eigenvalue weighted by molar-refractivity contribution is 9.11. The summed E-state index contributed by atoms with van der Waals surface area (Å²) in [7, 11) is 0. The second-order valence-corrected chi connectivity index (χ2v) is 9.29. The molecule has 0 saturated carbocycles. The van der Waals surface area contributed by atoms with Gasteiger partial charge >= 0.3 is 0 Å². The minimum absolute atomic E-state index is 0.0837. The van der Waals surface area contributed by atoms with Gasteiger partial charge in [-0.15, -0.1) is 16.4 Å². The van der Waals surface area contributed by atoms with Crippen LogP contribution in [-0.2, 0) is 0 Å². The number of hydrogen-bond acceptors (Lipinski definition) is 6. The van der Waals surface area contributed by atoms with Crippen molar-refractivity contribution in [1.82, 2.24) is 19.5 Å². The van der Waals surface area contributed by atoms with Gasteiger partial charge in [0, 0.05) is 4.88 Å². The molecule has 0 aromatic carbocycles. The number of piperidine rings is 1. The number of aromatic nitrogens is 3. The van der Waals surface area contributed by atoms with Gasteiger partial charge in [-0.1, -0.05) is 17.8 Å². The maximum Gasteiger partial charge on any atom is 0.230 e. The van der Waals surface area contributed by atoms with Gasteiger partial charge in [0.15, 0.2) is 0 Å². The summed E-state index contributed by atoms with van der Waals surface area (Å²) in [4.78, 5) is 9.82. The molecule has 23 heavy (non-hydrogen) atoms. The highest BCUT2D eigenvalue weighted by Gasteiger charge is 2.31. The van der Waals surface area contributed by atoms with Gasteiger partial charge < -0.3 is 5.11 Å². The molecule has 8 heteroatoms. The molecule has 0 radical (unpaired) electrons. The topological polar surface area (TPSA) is 53.7 Å². The van der Waals surface area contributed by atoms with Crippen molar-refractivity contribution in [2.24, 2.45) is 0 Å². The Morgan fingerprint density at radius 1 is 1.22 bits per heavy atom. The number of aryl methyl sites for hydroxylation is 1. The molecule has 122 valence electrons. The number of thiophene rings is 1. The number of aromatic hydroxyl groups is 1. The van der Waals surface area contributed by atoms with E-state index in [0.29, 0.717) is 5.82 Å². The molecule has 0 spiro atoms. The van der Waals surface area contributed by atoms with Crippen LogP contribution < -0.4 is 0 Å². The highest BCUT2D eigenvalue weighted by Crippen LogP contribution is 2.43. The lowest BCUT2D eigenvalue weighted by Crippen LogP contribution is -2.33. The van der Waals surface area contributed by atoms with E-state index in [2.05, 4.69) is 43.0 Å². The Morgan fingerprint density at radius 3 is 2.65 bits per heavy atom.